The minimum absolute atomic E-state index is 0.150. The van der Waals surface area contributed by atoms with Gasteiger partial charge in [-0.1, -0.05) is 49.4 Å². The predicted octanol–water partition coefficient (Wildman–Crippen LogP) is 5.67. The molecule has 0 unspecified atom stereocenters. The Morgan fingerprint density at radius 3 is 2.69 bits per heavy atom. The van der Waals surface area contributed by atoms with Crippen molar-refractivity contribution >= 4 is 34.8 Å². The van der Waals surface area contributed by atoms with E-state index in [1.807, 2.05) is 73.0 Å². The van der Waals surface area contributed by atoms with Crippen molar-refractivity contribution in [2.24, 2.45) is 0 Å². The van der Waals surface area contributed by atoms with Crippen LogP contribution in [-0.4, -0.2) is 26.4 Å². The van der Waals surface area contributed by atoms with Gasteiger partial charge in [0.15, 0.2) is 0 Å². The van der Waals surface area contributed by atoms with E-state index >= 15 is 0 Å². The Hall–Kier alpha value is -2.90. The average molecular weight is 421 g/mol. The lowest BCUT2D eigenvalue weighted by Crippen LogP contribution is -2.16. The molecule has 2 aromatic carbocycles. The van der Waals surface area contributed by atoms with E-state index in [-0.39, 0.29) is 5.91 Å². The first kappa shape index (κ1) is 19.4. The van der Waals surface area contributed by atoms with E-state index in [1.165, 1.54) is 11.3 Å². The van der Waals surface area contributed by atoms with Crippen molar-refractivity contribution in [3.05, 3.63) is 77.3 Å². The van der Waals surface area contributed by atoms with Crippen LogP contribution < -0.4 is 5.32 Å². The number of anilines is 1. The number of nitrogens with zero attached hydrogens (tertiary/aromatic N) is 3. The van der Waals surface area contributed by atoms with Crippen LogP contribution in [0, 0.1) is 6.92 Å². The number of amides is 1. The topological polar surface area (TPSA) is 59.8 Å². The summed E-state index contributed by atoms with van der Waals surface area (Å²) >= 11 is 3.15. The Kier molecular flexibility index (Phi) is 5.78. The van der Waals surface area contributed by atoms with Crippen LogP contribution in [-0.2, 0) is 0 Å². The molecule has 1 amide bonds. The van der Waals surface area contributed by atoms with Gasteiger partial charge in [0.2, 0.25) is 5.13 Å². The number of thioether (sulfide) groups is 1. The highest BCUT2D eigenvalue weighted by atomic mass is 32.2. The number of aryl methyl sites for hydroxylation is 1. The van der Waals surface area contributed by atoms with Gasteiger partial charge in [0.05, 0.1) is 17.0 Å². The molecule has 4 aromatic rings. The first-order valence-corrected chi connectivity index (χ1v) is 11.1. The number of carbonyl (C=O) groups is 1. The highest BCUT2D eigenvalue weighted by Gasteiger charge is 2.17. The fourth-order valence-electron chi connectivity index (χ4n) is 2.96. The summed E-state index contributed by atoms with van der Waals surface area (Å²) < 4.78 is 1.69. The summed E-state index contributed by atoms with van der Waals surface area (Å²) in [5.41, 5.74) is 3.41. The molecule has 0 radical (unpaired) electrons. The summed E-state index contributed by atoms with van der Waals surface area (Å²) in [6.07, 6.45) is 0. The lowest BCUT2D eigenvalue weighted by atomic mass is 10.2. The fourth-order valence-corrected chi connectivity index (χ4v) is 4.55. The summed E-state index contributed by atoms with van der Waals surface area (Å²) in [4.78, 5) is 18.6. The maximum absolute atomic E-state index is 12.9. The third-order valence-electron chi connectivity index (χ3n) is 4.25. The van der Waals surface area contributed by atoms with Crippen molar-refractivity contribution in [1.82, 2.24) is 14.8 Å². The minimum Gasteiger partial charge on any atom is -0.306 e. The summed E-state index contributed by atoms with van der Waals surface area (Å²) in [6.45, 7) is 3.98. The Balaban J connectivity index is 1.63. The second kappa shape index (κ2) is 8.63. The molecule has 0 saturated heterocycles. The average Bonchev–Trinajstić information content (AvgIpc) is 3.36. The van der Waals surface area contributed by atoms with Gasteiger partial charge in [-0.3, -0.25) is 4.79 Å². The van der Waals surface area contributed by atoms with Gasteiger partial charge in [-0.2, -0.15) is 9.78 Å². The molecule has 0 aliphatic carbocycles. The van der Waals surface area contributed by atoms with E-state index < -0.39 is 0 Å². The molecular weight excluding hydrogens is 400 g/mol. The number of hydrogen-bond donors (Lipinski definition) is 1. The molecule has 0 fully saturated rings. The molecule has 146 valence electrons. The van der Waals surface area contributed by atoms with E-state index in [0.29, 0.717) is 16.5 Å². The monoisotopic (exact) mass is 420 g/mol. The molecule has 2 aromatic heterocycles. The highest BCUT2D eigenvalue weighted by molar-refractivity contribution is 7.99. The molecule has 0 atom stereocenters. The summed E-state index contributed by atoms with van der Waals surface area (Å²) in [5, 5.41) is 10.3. The molecule has 2 heterocycles. The predicted molar refractivity (Wildman–Crippen MR) is 120 cm³/mol. The molecule has 0 bridgehead atoms. The van der Waals surface area contributed by atoms with E-state index in [0.717, 1.165) is 27.6 Å². The van der Waals surface area contributed by atoms with Crippen LogP contribution in [0.3, 0.4) is 0 Å². The number of aromatic nitrogens is 3. The quantitative estimate of drug-likeness (QED) is 0.408. The van der Waals surface area contributed by atoms with Crippen LogP contribution in [0.15, 0.2) is 70.9 Å². The summed E-state index contributed by atoms with van der Waals surface area (Å²) in [7, 11) is 0. The second-order valence-corrected chi connectivity index (χ2v) is 8.49. The first-order chi connectivity index (χ1) is 14.2. The number of hydrogen-bond acceptors (Lipinski definition) is 5. The van der Waals surface area contributed by atoms with Gasteiger partial charge < -0.3 is 5.32 Å². The van der Waals surface area contributed by atoms with Crippen LogP contribution in [0.25, 0.3) is 16.4 Å². The Morgan fingerprint density at radius 2 is 1.90 bits per heavy atom. The maximum atomic E-state index is 12.9. The van der Waals surface area contributed by atoms with Gasteiger partial charge in [0.1, 0.15) is 5.82 Å². The van der Waals surface area contributed by atoms with Gasteiger partial charge in [-0.05, 0) is 24.8 Å². The highest BCUT2D eigenvalue weighted by Crippen LogP contribution is 2.27. The van der Waals surface area contributed by atoms with Crippen molar-refractivity contribution in [1.29, 1.82) is 0 Å². The SMILES string of the molecule is CCSc1ccccc1C(=O)Nc1cc(C)nn1-c1nc(-c2ccccc2)cs1. The van der Waals surface area contributed by atoms with E-state index in [2.05, 4.69) is 17.3 Å². The largest absolute Gasteiger partial charge is 0.306 e. The summed E-state index contributed by atoms with van der Waals surface area (Å²) in [5.74, 6) is 1.36. The van der Waals surface area contributed by atoms with E-state index in [4.69, 9.17) is 4.98 Å². The lowest BCUT2D eigenvalue weighted by Gasteiger charge is -2.09. The van der Waals surface area contributed by atoms with Crippen molar-refractivity contribution in [2.45, 2.75) is 18.7 Å². The molecular formula is C22H20N4OS2. The third kappa shape index (κ3) is 4.26. The van der Waals surface area contributed by atoms with Crippen LogP contribution >= 0.6 is 23.1 Å². The second-order valence-electron chi connectivity index (χ2n) is 6.35. The van der Waals surface area contributed by atoms with E-state index in [1.54, 1.807) is 16.4 Å². The third-order valence-corrected chi connectivity index (χ3v) is 6.02. The van der Waals surface area contributed by atoms with Gasteiger partial charge in [-0.15, -0.1) is 23.1 Å². The van der Waals surface area contributed by atoms with Crippen LogP contribution in [0.4, 0.5) is 5.82 Å². The number of carbonyl (C=O) groups excluding carboxylic acids is 1. The standard InChI is InChI=1S/C22H20N4OS2/c1-3-28-19-12-8-7-11-17(19)21(27)24-20-13-15(2)25-26(20)22-23-18(14-29-22)16-9-5-4-6-10-16/h4-14H,3H2,1-2H3,(H,24,27). The van der Waals surface area contributed by atoms with Gasteiger partial charge in [0, 0.05) is 21.9 Å². The van der Waals surface area contributed by atoms with E-state index in [9.17, 15) is 4.79 Å². The van der Waals surface area contributed by atoms with Crippen LogP contribution in [0.5, 0.6) is 0 Å². The number of nitrogens with one attached hydrogen (secondary N) is 1. The summed E-state index contributed by atoms with van der Waals surface area (Å²) in [6, 6.07) is 19.5. The maximum Gasteiger partial charge on any atom is 0.257 e. The van der Waals surface area contributed by atoms with Crippen LogP contribution in [0.2, 0.25) is 0 Å². The molecule has 1 N–H and O–H groups in total. The first-order valence-electron chi connectivity index (χ1n) is 9.27. The molecule has 0 saturated carbocycles. The fraction of sp³-hybridized carbons (Fsp3) is 0.136. The minimum atomic E-state index is -0.150. The van der Waals surface area contributed by atoms with Crippen molar-refractivity contribution < 1.29 is 4.79 Å². The molecule has 0 spiro atoms. The van der Waals surface area contributed by atoms with Crippen molar-refractivity contribution in [3.8, 4) is 16.4 Å². The molecule has 0 aliphatic heterocycles. The molecule has 7 heteroatoms. The van der Waals surface area contributed by atoms with Crippen molar-refractivity contribution in [3.63, 3.8) is 0 Å². The van der Waals surface area contributed by atoms with Gasteiger partial charge in [-0.25, -0.2) is 4.98 Å². The van der Waals surface area contributed by atoms with Crippen molar-refractivity contribution in [2.75, 3.05) is 11.1 Å². The lowest BCUT2D eigenvalue weighted by molar-refractivity contribution is 0.102. The number of thiazole rings is 1. The zero-order valence-corrected chi connectivity index (χ0v) is 17.8. The van der Waals surface area contributed by atoms with Gasteiger partial charge >= 0.3 is 0 Å². The zero-order chi connectivity index (χ0) is 20.2. The number of benzene rings is 2. The zero-order valence-electron chi connectivity index (χ0n) is 16.1. The molecule has 5 nitrogen and oxygen atoms in total. The van der Waals surface area contributed by atoms with Gasteiger partial charge in [0.25, 0.3) is 5.91 Å². The van der Waals surface area contributed by atoms with Crippen LogP contribution in [0.1, 0.15) is 23.0 Å². The smallest absolute Gasteiger partial charge is 0.257 e. The normalized spacial score (nSPS) is 10.8. The molecule has 4 rings (SSSR count). The Bertz CT molecular complexity index is 1130. The number of rotatable bonds is 6. The Labute approximate surface area is 177 Å². The Morgan fingerprint density at radius 1 is 1.14 bits per heavy atom. The molecule has 29 heavy (non-hydrogen) atoms. The molecule has 0 aliphatic rings.